The summed E-state index contributed by atoms with van der Waals surface area (Å²) in [5.41, 5.74) is 3.76. The van der Waals surface area contributed by atoms with Crippen molar-refractivity contribution in [3.05, 3.63) is 42.1 Å². The van der Waals surface area contributed by atoms with Crippen molar-refractivity contribution in [1.82, 2.24) is 0 Å². The predicted molar refractivity (Wildman–Crippen MR) is 72.9 cm³/mol. The third-order valence-corrected chi connectivity index (χ3v) is 3.02. The van der Waals surface area contributed by atoms with Crippen molar-refractivity contribution in [2.24, 2.45) is 5.92 Å². The lowest BCUT2D eigenvalue weighted by Crippen LogP contribution is -2.19. The van der Waals surface area contributed by atoms with Gasteiger partial charge in [0.2, 0.25) is 0 Å². The maximum absolute atomic E-state index is 4.13. The normalized spacial score (nSPS) is 10.9. The fourth-order valence-electron chi connectivity index (χ4n) is 1.65. The van der Waals surface area contributed by atoms with E-state index in [-0.39, 0.29) is 0 Å². The second-order valence-electron chi connectivity index (χ2n) is 4.95. The van der Waals surface area contributed by atoms with Crippen LogP contribution in [-0.4, -0.2) is 7.05 Å². The molecular formula is C15H23N. The highest BCUT2D eigenvalue weighted by Crippen LogP contribution is 2.24. The van der Waals surface area contributed by atoms with E-state index in [1.165, 1.54) is 11.3 Å². The molecule has 0 amide bonds. The minimum atomic E-state index is 0.479. The summed E-state index contributed by atoms with van der Waals surface area (Å²) in [6, 6.07) is 8.69. The van der Waals surface area contributed by atoms with E-state index in [0.29, 0.717) is 11.8 Å². The Labute approximate surface area is 99.8 Å². The topological polar surface area (TPSA) is 3.24 Å². The van der Waals surface area contributed by atoms with Crippen LogP contribution in [-0.2, 0) is 0 Å². The van der Waals surface area contributed by atoms with E-state index in [1.54, 1.807) is 0 Å². The molecule has 0 aliphatic heterocycles. The van der Waals surface area contributed by atoms with Gasteiger partial charge in [-0.3, -0.25) is 0 Å². The minimum absolute atomic E-state index is 0.479. The van der Waals surface area contributed by atoms with Crippen molar-refractivity contribution in [3.8, 4) is 0 Å². The molecule has 1 heteroatoms. The van der Waals surface area contributed by atoms with Crippen LogP contribution in [0.1, 0.15) is 39.2 Å². The van der Waals surface area contributed by atoms with Crippen LogP contribution < -0.4 is 4.90 Å². The van der Waals surface area contributed by atoms with Crippen LogP contribution in [0.25, 0.3) is 0 Å². The van der Waals surface area contributed by atoms with Gasteiger partial charge in [-0.05, 0) is 29.5 Å². The van der Waals surface area contributed by atoms with Crippen LogP contribution in [0.15, 0.2) is 36.5 Å². The minimum Gasteiger partial charge on any atom is -0.349 e. The molecule has 1 nitrogen and oxygen atoms in total. The van der Waals surface area contributed by atoms with E-state index in [9.17, 15) is 0 Å². The van der Waals surface area contributed by atoms with E-state index < -0.39 is 0 Å². The van der Waals surface area contributed by atoms with Crippen LogP contribution >= 0.6 is 0 Å². The third kappa shape index (κ3) is 2.88. The van der Waals surface area contributed by atoms with Gasteiger partial charge >= 0.3 is 0 Å². The first-order valence-corrected chi connectivity index (χ1v) is 5.96. The molecule has 0 aliphatic rings. The van der Waals surface area contributed by atoms with Gasteiger partial charge in [0.1, 0.15) is 0 Å². The van der Waals surface area contributed by atoms with Gasteiger partial charge in [0.15, 0.2) is 0 Å². The zero-order valence-corrected chi connectivity index (χ0v) is 11.1. The SMILES string of the molecule is C=C(C(C)C)N(C)c1cccc(C(C)C)c1. The monoisotopic (exact) mass is 217 g/mol. The van der Waals surface area contributed by atoms with Crippen LogP contribution in [0.2, 0.25) is 0 Å². The van der Waals surface area contributed by atoms with Crippen molar-refractivity contribution < 1.29 is 0 Å². The molecule has 0 heterocycles. The smallest absolute Gasteiger partial charge is 0.0408 e. The molecule has 0 radical (unpaired) electrons. The number of hydrogen-bond donors (Lipinski definition) is 0. The molecule has 1 aromatic rings. The number of hydrogen-bond acceptors (Lipinski definition) is 1. The van der Waals surface area contributed by atoms with Gasteiger partial charge in [-0.15, -0.1) is 0 Å². The molecule has 1 aromatic carbocycles. The first-order chi connectivity index (χ1) is 7.43. The van der Waals surface area contributed by atoms with Crippen molar-refractivity contribution in [2.75, 3.05) is 11.9 Å². The average molecular weight is 217 g/mol. The van der Waals surface area contributed by atoms with Gasteiger partial charge in [0.25, 0.3) is 0 Å². The summed E-state index contributed by atoms with van der Waals surface area (Å²) in [7, 11) is 2.09. The standard InChI is InChI=1S/C15H23N/c1-11(2)13(5)16(6)15-9-7-8-14(10-15)12(3)4/h7-12H,5H2,1-4,6H3. The Morgan fingerprint density at radius 1 is 1.19 bits per heavy atom. The summed E-state index contributed by atoms with van der Waals surface area (Å²) in [6.45, 7) is 12.9. The fourth-order valence-corrected chi connectivity index (χ4v) is 1.65. The van der Waals surface area contributed by atoms with Crippen LogP contribution in [0.4, 0.5) is 5.69 Å². The fraction of sp³-hybridized carbons (Fsp3) is 0.467. The number of nitrogens with zero attached hydrogens (tertiary/aromatic N) is 1. The lowest BCUT2D eigenvalue weighted by molar-refractivity contribution is 0.738. The summed E-state index contributed by atoms with van der Waals surface area (Å²) >= 11 is 0. The highest BCUT2D eigenvalue weighted by atomic mass is 15.1. The molecular weight excluding hydrogens is 194 g/mol. The maximum atomic E-state index is 4.13. The number of anilines is 1. The Bertz CT molecular complexity index is 363. The molecule has 16 heavy (non-hydrogen) atoms. The Morgan fingerprint density at radius 2 is 1.81 bits per heavy atom. The number of allylic oxidation sites excluding steroid dienone is 1. The van der Waals surface area contributed by atoms with Gasteiger partial charge in [-0.25, -0.2) is 0 Å². The Kier molecular flexibility index (Phi) is 4.17. The summed E-state index contributed by atoms with van der Waals surface area (Å²) in [6.07, 6.45) is 0. The zero-order valence-electron chi connectivity index (χ0n) is 11.1. The highest BCUT2D eigenvalue weighted by Gasteiger charge is 2.09. The largest absolute Gasteiger partial charge is 0.349 e. The zero-order chi connectivity index (χ0) is 12.3. The van der Waals surface area contributed by atoms with E-state index in [1.807, 2.05) is 0 Å². The first kappa shape index (κ1) is 12.8. The molecule has 0 aromatic heterocycles. The second-order valence-corrected chi connectivity index (χ2v) is 4.95. The van der Waals surface area contributed by atoms with Gasteiger partial charge in [0, 0.05) is 18.4 Å². The average Bonchev–Trinajstić information content (AvgIpc) is 2.27. The van der Waals surface area contributed by atoms with E-state index in [0.717, 1.165) is 5.70 Å². The van der Waals surface area contributed by atoms with Gasteiger partial charge in [-0.1, -0.05) is 46.4 Å². The molecule has 88 valence electrons. The van der Waals surface area contributed by atoms with Gasteiger partial charge < -0.3 is 4.90 Å². The molecule has 0 saturated carbocycles. The molecule has 0 aliphatic carbocycles. The Balaban J connectivity index is 2.96. The lowest BCUT2D eigenvalue weighted by Gasteiger charge is -2.25. The van der Waals surface area contributed by atoms with E-state index in [4.69, 9.17) is 0 Å². The Hall–Kier alpha value is -1.24. The van der Waals surface area contributed by atoms with Crippen molar-refractivity contribution >= 4 is 5.69 Å². The quantitative estimate of drug-likeness (QED) is 0.721. The van der Waals surface area contributed by atoms with Crippen molar-refractivity contribution in [1.29, 1.82) is 0 Å². The Morgan fingerprint density at radius 3 is 2.31 bits per heavy atom. The van der Waals surface area contributed by atoms with Crippen LogP contribution in [0.5, 0.6) is 0 Å². The van der Waals surface area contributed by atoms with E-state index >= 15 is 0 Å². The molecule has 0 bridgehead atoms. The molecule has 0 saturated heterocycles. The molecule has 0 atom stereocenters. The lowest BCUT2D eigenvalue weighted by atomic mass is 10.0. The van der Waals surface area contributed by atoms with Crippen molar-refractivity contribution in [3.63, 3.8) is 0 Å². The molecule has 0 fully saturated rings. The predicted octanol–water partition coefficient (Wildman–Crippen LogP) is 4.42. The first-order valence-electron chi connectivity index (χ1n) is 5.96. The second kappa shape index (κ2) is 5.20. The molecule has 1 rings (SSSR count). The molecule has 0 N–H and O–H groups in total. The highest BCUT2D eigenvalue weighted by molar-refractivity contribution is 5.53. The van der Waals surface area contributed by atoms with Crippen LogP contribution in [0, 0.1) is 5.92 Å². The third-order valence-electron chi connectivity index (χ3n) is 3.02. The summed E-state index contributed by atoms with van der Waals surface area (Å²) in [5, 5.41) is 0. The summed E-state index contributed by atoms with van der Waals surface area (Å²) in [5.74, 6) is 1.05. The van der Waals surface area contributed by atoms with Crippen molar-refractivity contribution in [2.45, 2.75) is 33.6 Å². The maximum Gasteiger partial charge on any atom is 0.0408 e. The summed E-state index contributed by atoms with van der Waals surface area (Å²) < 4.78 is 0. The number of benzene rings is 1. The van der Waals surface area contributed by atoms with Gasteiger partial charge in [0.05, 0.1) is 0 Å². The van der Waals surface area contributed by atoms with E-state index in [2.05, 4.69) is 70.5 Å². The number of rotatable bonds is 4. The van der Waals surface area contributed by atoms with Crippen LogP contribution in [0.3, 0.4) is 0 Å². The molecule has 0 spiro atoms. The molecule has 0 unspecified atom stereocenters. The summed E-state index contributed by atoms with van der Waals surface area (Å²) in [4.78, 5) is 2.18. The van der Waals surface area contributed by atoms with Gasteiger partial charge in [-0.2, -0.15) is 0 Å².